The summed E-state index contributed by atoms with van der Waals surface area (Å²) < 4.78 is 1.63. The van der Waals surface area contributed by atoms with Crippen LogP contribution < -0.4 is 11.1 Å². The Labute approximate surface area is 110 Å². The summed E-state index contributed by atoms with van der Waals surface area (Å²) in [5.74, 6) is 0.975. The highest BCUT2D eigenvalue weighted by atomic mass is 16.3. The van der Waals surface area contributed by atoms with Gasteiger partial charge in [-0.2, -0.15) is 15.0 Å². The van der Waals surface area contributed by atoms with Crippen molar-refractivity contribution in [3.63, 3.8) is 0 Å². The Kier molecular flexibility index (Phi) is 3.91. The average molecular weight is 263 g/mol. The Morgan fingerprint density at radius 2 is 2.16 bits per heavy atom. The standard InChI is InChI=1S/C11H17N7O/c1-7(2)8(19)5-14-10-15-9(12)16-11(17-10)18-4-3-13-6-18/h3-4,6-8,19H,5H2,1-2H3,(H3,12,14,15,16,17). The molecule has 102 valence electrons. The van der Waals surface area contributed by atoms with Gasteiger partial charge in [0.1, 0.15) is 6.33 Å². The van der Waals surface area contributed by atoms with Crippen molar-refractivity contribution < 1.29 is 5.11 Å². The van der Waals surface area contributed by atoms with Crippen LogP contribution in [0.2, 0.25) is 0 Å². The minimum atomic E-state index is -0.477. The lowest BCUT2D eigenvalue weighted by atomic mass is 10.1. The number of nitrogen functional groups attached to an aromatic ring is 1. The minimum Gasteiger partial charge on any atom is -0.391 e. The van der Waals surface area contributed by atoms with E-state index < -0.39 is 6.10 Å². The summed E-state index contributed by atoms with van der Waals surface area (Å²) >= 11 is 0. The normalized spacial score (nSPS) is 12.6. The van der Waals surface area contributed by atoms with E-state index in [0.717, 1.165) is 0 Å². The molecule has 0 spiro atoms. The monoisotopic (exact) mass is 263 g/mol. The van der Waals surface area contributed by atoms with Gasteiger partial charge in [-0.1, -0.05) is 13.8 Å². The average Bonchev–Trinajstić information content (AvgIpc) is 2.89. The summed E-state index contributed by atoms with van der Waals surface area (Å²) in [6.45, 7) is 4.22. The number of aliphatic hydroxyl groups excluding tert-OH is 1. The molecule has 1 unspecified atom stereocenters. The highest BCUT2D eigenvalue weighted by Gasteiger charge is 2.11. The molecule has 1 atom stereocenters. The number of imidazole rings is 1. The van der Waals surface area contributed by atoms with Crippen molar-refractivity contribution in [2.75, 3.05) is 17.6 Å². The van der Waals surface area contributed by atoms with Crippen molar-refractivity contribution in [1.29, 1.82) is 0 Å². The van der Waals surface area contributed by atoms with E-state index >= 15 is 0 Å². The van der Waals surface area contributed by atoms with Crippen LogP contribution in [0, 0.1) is 5.92 Å². The van der Waals surface area contributed by atoms with Crippen molar-refractivity contribution in [3.05, 3.63) is 18.7 Å². The molecule has 0 saturated heterocycles. The summed E-state index contributed by atoms with van der Waals surface area (Å²) in [5, 5.41) is 12.7. The van der Waals surface area contributed by atoms with Crippen molar-refractivity contribution >= 4 is 11.9 Å². The Hall–Kier alpha value is -2.22. The van der Waals surface area contributed by atoms with Gasteiger partial charge in [0.25, 0.3) is 0 Å². The number of hydrogen-bond donors (Lipinski definition) is 3. The molecular weight excluding hydrogens is 246 g/mol. The van der Waals surface area contributed by atoms with Gasteiger partial charge in [-0.05, 0) is 5.92 Å². The van der Waals surface area contributed by atoms with E-state index in [2.05, 4.69) is 25.3 Å². The second-order valence-electron chi connectivity index (χ2n) is 4.48. The largest absolute Gasteiger partial charge is 0.391 e. The van der Waals surface area contributed by atoms with E-state index in [1.807, 2.05) is 13.8 Å². The molecule has 0 aliphatic heterocycles. The molecule has 0 aliphatic rings. The summed E-state index contributed by atoms with van der Waals surface area (Å²) in [6, 6.07) is 0. The molecule has 4 N–H and O–H groups in total. The van der Waals surface area contributed by atoms with Crippen LogP contribution in [0.1, 0.15) is 13.8 Å². The lowest BCUT2D eigenvalue weighted by Crippen LogP contribution is -2.26. The number of nitrogens with two attached hydrogens (primary N) is 1. The van der Waals surface area contributed by atoms with Gasteiger partial charge in [0.15, 0.2) is 0 Å². The van der Waals surface area contributed by atoms with Crippen LogP contribution in [0.3, 0.4) is 0 Å². The van der Waals surface area contributed by atoms with E-state index in [4.69, 9.17) is 5.73 Å². The topological polar surface area (TPSA) is 115 Å². The maximum Gasteiger partial charge on any atom is 0.241 e. The Morgan fingerprint density at radius 1 is 1.37 bits per heavy atom. The van der Waals surface area contributed by atoms with Crippen LogP contribution in [0.15, 0.2) is 18.7 Å². The lowest BCUT2D eigenvalue weighted by Gasteiger charge is -2.15. The quantitative estimate of drug-likeness (QED) is 0.699. The van der Waals surface area contributed by atoms with Gasteiger partial charge in [0.05, 0.1) is 6.10 Å². The van der Waals surface area contributed by atoms with E-state index in [9.17, 15) is 5.11 Å². The zero-order valence-electron chi connectivity index (χ0n) is 10.9. The van der Waals surface area contributed by atoms with Gasteiger partial charge in [-0.25, -0.2) is 4.98 Å². The predicted octanol–water partition coefficient (Wildman–Crippen LogP) is 0.0683. The van der Waals surface area contributed by atoms with Gasteiger partial charge < -0.3 is 16.2 Å². The first-order valence-corrected chi connectivity index (χ1v) is 5.98. The van der Waals surface area contributed by atoms with Crippen molar-refractivity contribution in [2.45, 2.75) is 20.0 Å². The van der Waals surface area contributed by atoms with Crippen molar-refractivity contribution in [3.8, 4) is 5.95 Å². The van der Waals surface area contributed by atoms with Gasteiger partial charge in [0.2, 0.25) is 17.8 Å². The van der Waals surface area contributed by atoms with Gasteiger partial charge in [-0.15, -0.1) is 0 Å². The van der Waals surface area contributed by atoms with Crippen LogP contribution in [0.25, 0.3) is 5.95 Å². The van der Waals surface area contributed by atoms with Gasteiger partial charge >= 0.3 is 0 Å². The van der Waals surface area contributed by atoms with Crippen LogP contribution in [0.4, 0.5) is 11.9 Å². The highest BCUT2D eigenvalue weighted by molar-refractivity contribution is 5.35. The number of rotatable bonds is 5. The number of aliphatic hydroxyl groups is 1. The number of nitrogens with one attached hydrogen (secondary N) is 1. The predicted molar refractivity (Wildman–Crippen MR) is 70.7 cm³/mol. The molecule has 0 amide bonds. The van der Waals surface area contributed by atoms with Gasteiger partial charge in [-0.3, -0.25) is 4.57 Å². The lowest BCUT2D eigenvalue weighted by molar-refractivity contribution is 0.137. The number of aromatic nitrogens is 5. The second-order valence-corrected chi connectivity index (χ2v) is 4.48. The van der Waals surface area contributed by atoms with E-state index in [0.29, 0.717) is 18.4 Å². The van der Waals surface area contributed by atoms with Crippen LogP contribution >= 0.6 is 0 Å². The maximum absolute atomic E-state index is 9.73. The summed E-state index contributed by atoms with van der Waals surface area (Å²) in [6.07, 6.45) is 4.42. The number of hydrogen-bond acceptors (Lipinski definition) is 7. The Morgan fingerprint density at radius 3 is 2.79 bits per heavy atom. The smallest absolute Gasteiger partial charge is 0.241 e. The zero-order chi connectivity index (χ0) is 13.8. The number of anilines is 2. The fourth-order valence-corrected chi connectivity index (χ4v) is 1.38. The van der Waals surface area contributed by atoms with Crippen LogP contribution in [-0.4, -0.2) is 42.3 Å². The molecule has 2 aromatic rings. The number of nitrogens with zero attached hydrogens (tertiary/aromatic N) is 5. The van der Waals surface area contributed by atoms with Crippen molar-refractivity contribution in [2.24, 2.45) is 5.92 Å². The SMILES string of the molecule is CC(C)C(O)CNc1nc(N)nc(-n2ccnc2)n1. The van der Waals surface area contributed by atoms with Crippen molar-refractivity contribution in [1.82, 2.24) is 24.5 Å². The summed E-state index contributed by atoms with van der Waals surface area (Å²) in [5.41, 5.74) is 5.63. The molecule has 0 fully saturated rings. The molecule has 0 radical (unpaired) electrons. The molecule has 0 aromatic carbocycles. The molecule has 2 heterocycles. The third kappa shape index (κ3) is 3.38. The Balaban J connectivity index is 2.13. The first-order chi connectivity index (χ1) is 9.06. The van der Waals surface area contributed by atoms with E-state index in [-0.39, 0.29) is 11.9 Å². The molecule has 0 bridgehead atoms. The maximum atomic E-state index is 9.73. The van der Waals surface area contributed by atoms with Crippen LogP contribution in [0.5, 0.6) is 0 Å². The van der Waals surface area contributed by atoms with E-state index in [1.165, 1.54) is 0 Å². The first-order valence-electron chi connectivity index (χ1n) is 5.98. The molecule has 0 aliphatic carbocycles. The summed E-state index contributed by atoms with van der Waals surface area (Å²) in [4.78, 5) is 16.1. The third-order valence-corrected chi connectivity index (χ3v) is 2.62. The Bertz CT molecular complexity index is 526. The molecule has 2 rings (SSSR count). The molecule has 8 heteroatoms. The van der Waals surface area contributed by atoms with Crippen LogP contribution in [-0.2, 0) is 0 Å². The third-order valence-electron chi connectivity index (χ3n) is 2.62. The fourth-order valence-electron chi connectivity index (χ4n) is 1.38. The molecule has 8 nitrogen and oxygen atoms in total. The minimum absolute atomic E-state index is 0.111. The molecule has 0 saturated carbocycles. The second kappa shape index (κ2) is 5.61. The molecular formula is C11H17N7O. The zero-order valence-corrected chi connectivity index (χ0v) is 10.9. The molecule has 19 heavy (non-hydrogen) atoms. The summed E-state index contributed by atoms with van der Waals surface area (Å²) in [7, 11) is 0. The fraction of sp³-hybridized carbons (Fsp3) is 0.455. The van der Waals surface area contributed by atoms with E-state index in [1.54, 1.807) is 23.3 Å². The first kappa shape index (κ1) is 13.2. The highest BCUT2D eigenvalue weighted by Crippen LogP contribution is 2.08. The van der Waals surface area contributed by atoms with Gasteiger partial charge in [0, 0.05) is 18.9 Å². The molecule has 2 aromatic heterocycles.